The predicted molar refractivity (Wildman–Crippen MR) is 49.2 cm³/mol. The average Bonchev–Trinajstić information content (AvgIpc) is 2.03. The van der Waals surface area contributed by atoms with E-state index in [-0.39, 0.29) is 7.43 Å². The zero-order valence-corrected chi connectivity index (χ0v) is 6.97. The Kier molecular flexibility index (Phi) is 4.85. The second kappa shape index (κ2) is 5.38. The van der Waals surface area contributed by atoms with Crippen molar-refractivity contribution in [2.24, 2.45) is 0 Å². The standard InChI is InChI=1S/C6H11N3O4.CH4/c10-6(11)7-8-4-2-1-3-5(8)9(12)13;/h5,7H,1-4H2,(H,10,11);1H4. The second-order valence-electron chi connectivity index (χ2n) is 2.87. The fraction of sp³-hybridized carbons (Fsp3) is 0.857. The fourth-order valence-electron chi connectivity index (χ4n) is 1.39. The van der Waals surface area contributed by atoms with Crippen molar-refractivity contribution in [1.82, 2.24) is 10.4 Å². The Balaban J connectivity index is 0.00000169. The van der Waals surface area contributed by atoms with Crippen molar-refractivity contribution < 1.29 is 14.8 Å². The molecule has 0 spiro atoms. The Labute approximate surface area is 81.8 Å². The second-order valence-corrected chi connectivity index (χ2v) is 2.87. The number of hydrogen-bond donors (Lipinski definition) is 2. The van der Waals surface area contributed by atoms with Gasteiger partial charge in [0.1, 0.15) is 0 Å². The van der Waals surface area contributed by atoms with Crippen LogP contribution in [0.1, 0.15) is 26.7 Å². The maximum absolute atomic E-state index is 10.5. The Bertz CT molecular complexity index is 221. The lowest BCUT2D eigenvalue weighted by Gasteiger charge is -2.28. The third-order valence-electron chi connectivity index (χ3n) is 1.95. The average molecular weight is 205 g/mol. The summed E-state index contributed by atoms with van der Waals surface area (Å²) in [7, 11) is 0. The largest absolute Gasteiger partial charge is 0.464 e. The van der Waals surface area contributed by atoms with E-state index >= 15 is 0 Å². The van der Waals surface area contributed by atoms with Crippen LogP contribution in [0.25, 0.3) is 0 Å². The summed E-state index contributed by atoms with van der Waals surface area (Å²) in [6.07, 6.45) is -0.222. The highest BCUT2D eigenvalue weighted by Crippen LogP contribution is 2.14. The van der Waals surface area contributed by atoms with Gasteiger partial charge >= 0.3 is 6.09 Å². The minimum atomic E-state index is -1.26. The Morgan fingerprint density at radius 1 is 1.57 bits per heavy atom. The first-order valence-electron chi connectivity index (χ1n) is 4.01. The quantitative estimate of drug-likeness (QED) is 0.515. The number of hydrazine groups is 1. The van der Waals surface area contributed by atoms with E-state index in [2.05, 4.69) is 0 Å². The molecule has 1 saturated heterocycles. The number of nitrogens with zero attached hydrogens (tertiary/aromatic N) is 2. The molecule has 1 rings (SSSR count). The van der Waals surface area contributed by atoms with Crippen LogP contribution in [0.3, 0.4) is 0 Å². The van der Waals surface area contributed by atoms with Crippen molar-refractivity contribution in [3.05, 3.63) is 10.1 Å². The third kappa shape index (κ3) is 3.17. The molecular formula is C7H15N3O4. The van der Waals surface area contributed by atoms with E-state index in [0.29, 0.717) is 13.0 Å². The van der Waals surface area contributed by atoms with Crippen molar-refractivity contribution in [2.75, 3.05) is 6.54 Å². The van der Waals surface area contributed by atoms with Crippen LogP contribution >= 0.6 is 0 Å². The molecule has 1 fully saturated rings. The number of carbonyl (C=O) groups is 1. The number of rotatable bonds is 2. The highest BCUT2D eigenvalue weighted by atomic mass is 16.6. The first-order valence-corrected chi connectivity index (χ1v) is 4.01. The van der Waals surface area contributed by atoms with Gasteiger partial charge in [0.15, 0.2) is 0 Å². The van der Waals surface area contributed by atoms with Crippen molar-refractivity contribution in [3.8, 4) is 0 Å². The first kappa shape index (κ1) is 12.6. The maximum atomic E-state index is 10.5. The zero-order valence-electron chi connectivity index (χ0n) is 6.97. The molecule has 1 unspecified atom stereocenters. The molecule has 82 valence electrons. The van der Waals surface area contributed by atoms with Gasteiger partial charge in [-0.05, 0) is 12.8 Å². The molecule has 0 aliphatic carbocycles. The molecule has 0 radical (unpaired) electrons. The van der Waals surface area contributed by atoms with Crippen LogP contribution in [0.15, 0.2) is 0 Å². The van der Waals surface area contributed by atoms with Crippen molar-refractivity contribution in [3.63, 3.8) is 0 Å². The van der Waals surface area contributed by atoms with E-state index in [9.17, 15) is 14.9 Å². The molecule has 1 heterocycles. The molecule has 0 aromatic carbocycles. The van der Waals surface area contributed by atoms with Crippen LogP contribution in [-0.4, -0.2) is 33.8 Å². The predicted octanol–water partition coefficient (Wildman–Crippen LogP) is 0.894. The van der Waals surface area contributed by atoms with Gasteiger partial charge in [-0.15, -0.1) is 0 Å². The lowest BCUT2D eigenvalue weighted by molar-refractivity contribution is -0.557. The Morgan fingerprint density at radius 3 is 2.71 bits per heavy atom. The van der Waals surface area contributed by atoms with Gasteiger partial charge in [-0.2, -0.15) is 5.01 Å². The third-order valence-corrected chi connectivity index (χ3v) is 1.95. The first-order chi connectivity index (χ1) is 6.11. The highest BCUT2D eigenvalue weighted by Gasteiger charge is 2.32. The van der Waals surface area contributed by atoms with E-state index in [1.54, 1.807) is 0 Å². The summed E-state index contributed by atoms with van der Waals surface area (Å²) in [6, 6.07) is 0. The SMILES string of the molecule is C.O=C(O)NN1CCCCC1[N+](=O)[O-]. The number of piperidine rings is 1. The van der Waals surface area contributed by atoms with E-state index in [4.69, 9.17) is 5.11 Å². The van der Waals surface area contributed by atoms with Gasteiger partial charge in [-0.1, -0.05) is 7.43 Å². The summed E-state index contributed by atoms with van der Waals surface area (Å²) in [5.41, 5.74) is 2.02. The smallest absolute Gasteiger partial charge is 0.419 e. The van der Waals surface area contributed by atoms with Gasteiger partial charge in [0.2, 0.25) is 0 Å². The molecule has 0 saturated carbocycles. The van der Waals surface area contributed by atoms with Crippen LogP contribution in [0.2, 0.25) is 0 Å². The van der Waals surface area contributed by atoms with Gasteiger partial charge in [-0.3, -0.25) is 10.1 Å². The van der Waals surface area contributed by atoms with Crippen LogP contribution in [-0.2, 0) is 0 Å². The summed E-state index contributed by atoms with van der Waals surface area (Å²) in [4.78, 5) is 20.3. The van der Waals surface area contributed by atoms with Gasteiger partial charge in [0.25, 0.3) is 6.17 Å². The minimum absolute atomic E-state index is 0. The molecular weight excluding hydrogens is 190 g/mol. The summed E-state index contributed by atoms with van der Waals surface area (Å²) in [5, 5.41) is 20.0. The van der Waals surface area contributed by atoms with Gasteiger partial charge in [0.05, 0.1) is 0 Å². The summed E-state index contributed by atoms with van der Waals surface area (Å²) >= 11 is 0. The molecule has 0 aromatic rings. The number of nitrogens with one attached hydrogen (secondary N) is 1. The van der Waals surface area contributed by atoms with Crippen LogP contribution in [0, 0.1) is 10.1 Å². The van der Waals surface area contributed by atoms with E-state index in [1.165, 1.54) is 0 Å². The van der Waals surface area contributed by atoms with Crippen molar-refractivity contribution in [1.29, 1.82) is 0 Å². The number of hydrogen-bond acceptors (Lipinski definition) is 4. The van der Waals surface area contributed by atoms with Crippen LogP contribution < -0.4 is 5.43 Å². The summed E-state index contributed by atoms with van der Waals surface area (Å²) < 4.78 is 0. The molecule has 1 atom stereocenters. The molecule has 1 amide bonds. The van der Waals surface area contributed by atoms with E-state index < -0.39 is 17.2 Å². The lowest BCUT2D eigenvalue weighted by Crippen LogP contribution is -2.53. The van der Waals surface area contributed by atoms with Crippen molar-refractivity contribution >= 4 is 6.09 Å². The molecule has 1 aliphatic heterocycles. The molecule has 2 N–H and O–H groups in total. The van der Waals surface area contributed by atoms with E-state index in [0.717, 1.165) is 17.9 Å². The fourth-order valence-corrected chi connectivity index (χ4v) is 1.39. The van der Waals surface area contributed by atoms with Crippen LogP contribution in [0.5, 0.6) is 0 Å². The van der Waals surface area contributed by atoms with Crippen molar-refractivity contribution in [2.45, 2.75) is 32.9 Å². The molecule has 7 nitrogen and oxygen atoms in total. The van der Waals surface area contributed by atoms with Gasteiger partial charge < -0.3 is 5.11 Å². The number of carboxylic acid groups (broad SMARTS) is 1. The van der Waals surface area contributed by atoms with Crippen LogP contribution in [0.4, 0.5) is 4.79 Å². The molecule has 14 heavy (non-hydrogen) atoms. The molecule has 0 aromatic heterocycles. The lowest BCUT2D eigenvalue weighted by atomic mass is 10.1. The highest BCUT2D eigenvalue weighted by molar-refractivity contribution is 5.63. The normalized spacial score (nSPS) is 22.1. The summed E-state index contributed by atoms with van der Waals surface area (Å²) in [6.45, 7) is 0.401. The summed E-state index contributed by atoms with van der Waals surface area (Å²) in [5.74, 6) is 0. The monoisotopic (exact) mass is 205 g/mol. The molecule has 7 heteroatoms. The molecule has 1 aliphatic rings. The minimum Gasteiger partial charge on any atom is -0.464 e. The number of nitro groups is 1. The Hall–Kier alpha value is -1.37. The van der Waals surface area contributed by atoms with Gasteiger partial charge in [-0.25, -0.2) is 10.2 Å². The molecule has 0 bridgehead atoms. The number of amides is 1. The van der Waals surface area contributed by atoms with E-state index in [1.807, 2.05) is 5.43 Å². The van der Waals surface area contributed by atoms with Gasteiger partial charge in [0, 0.05) is 17.9 Å². The zero-order chi connectivity index (χ0) is 9.84. The Morgan fingerprint density at radius 2 is 2.21 bits per heavy atom. The maximum Gasteiger partial charge on any atom is 0.419 e. The topological polar surface area (TPSA) is 95.7 Å².